The molecule has 7 aliphatic rings. The van der Waals surface area contributed by atoms with E-state index < -0.39 is 39.2 Å². The molecule has 6 saturated heterocycles. The van der Waals surface area contributed by atoms with Crippen LogP contribution >= 0.6 is 23.2 Å². The summed E-state index contributed by atoms with van der Waals surface area (Å²) in [6, 6.07) is 30.1. The molecule has 1 aliphatic carbocycles. The first-order valence-electron chi connectivity index (χ1n) is 38.5. The van der Waals surface area contributed by atoms with E-state index >= 15 is 0 Å². The van der Waals surface area contributed by atoms with Crippen LogP contribution in [0.1, 0.15) is 116 Å². The number of piperazine rings is 2. The highest BCUT2D eigenvalue weighted by molar-refractivity contribution is 6.61. The van der Waals surface area contributed by atoms with Gasteiger partial charge in [-0.25, -0.2) is 34.3 Å². The first-order chi connectivity index (χ1) is 56.9. The highest BCUT2D eigenvalue weighted by atomic mass is 35.5. The van der Waals surface area contributed by atoms with E-state index in [2.05, 4.69) is 87.1 Å². The number of non-ortho nitro benzene ring substituents is 2. The molecule has 4 atom stereocenters. The van der Waals surface area contributed by atoms with Crippen LogP contribution in [0.25, 0.3) is 4.85 Å². The lowest BCUT2D eigenvalue weighted by atomic mass is 10.2. The van der Waals surface area contributed by atoms with E-state index in [4.69, 9.17) is 71.6 Å². The largest absolute Gasteiger partial charge is 0.514 e. The maximum atomic E-state index is 12.4. The third-order valence-electron chi connectivity index (χ3n) is 19.3. The van der Waals surface area contributed by atoms with Gasteiger partial charge in [0.05, 0.1) is 87.6 Å². The van der Waals surface area contributed by atoms with Crippen LogP contribution in [0.3, 0.4) is 0 Å². The van der Waals surface area contributed by atoms with Crippen molar-refractivity contribution >= 4 is 98.5 Å². The highest BCUT2D eigenvalue weighted by Gasteiger charge is 2.32. The van der Waals surface area contributed by atoms with Gasteiger partial charge in [0.25, 0.3) is 34.9 Å². The Balaban J connectivity index is 0.000000196. The zero-order valence-electron chi connectivity index (χ0n) is 66.5. The molecular formula is C80H100Cl2N20O17. The Morgan fingerprint density at radius 1 is 0.521 bits per heavy atom. The first kappa shape index (κ1) is 94.1. The number of aliphatic hydroxyl groups is 3. The number of nitro benzene ring substituents is 2. The molecule has 0 bridgehead atoms. The zero-order chi connectivity index (χ0) is 86.5. The maximum Gasteiger partial charge on any atom is 0.514 e. The number of β-amino-alcohol motifs (C(OH)–C–C–N with tert-alkyl or cyclic N) is 2. The number of carbonyl (C=O) groups is 6. The number of primary amides is 3. The summed E-state index contributed by atoms with van der Waals surface area (Å²) in [5.74, 6) is -0.922. The second kappa shape index (κ2) is 48.6. The second-order valence-electron chi connectivity index (χ2n) is 28.4. The summed E-state index contributed by atoms with van der Waals surface area (Å²) in [5.41, 5.74) is 19.0. The number of nitro groups is 2. The van der Waals surface area contributed by atoms with Crippen LogP contribution in [0, 0.1) is 38.1 Å². The standard InChI is InChI=1S/C18H27N5O3.C17H16N4O6.C10H13N3O2.C10H11N3O.C7H4ClNO4.C7H16N2.C6H3ClN2.C5H10O/c1-13(2)21-7-9-22(10-8-21)18(25)26-15-5-6-23(12-15)14-3-4-16(17(19)24)20-11-14;18-16(22)15-6-3-12(9-19-15)20-8-7-14(10-20)27-17(23)26-13-4-1-11(2-5-13)21(24)25;11-10(15)9-2-1-7(5-12-9)13-4-3-8(14)6-13;1-11-10-3-2-8(6-12-10)13-5-4-9(14)7-13;8-7(10)13-6-3-1-5(2-4-6)9(11)12;1-7(2)9-5-3-8-4-6-9;7-5-1-2-6(3-8)9-4-5;6-5-3-1-2-4-5/h3-4,11,13,15H,5-10,12H2,1-2H3,(H2,19,24);1-6,9,14H,7-8,10H2,(H2,18,22);1-2,5,8,14H,3-4,6H2,(H2,11,15);2-3,6,9,14H,4-5,7H2;1-4H;7-8H,3-6H2,1-2H3;1-2,4H;5-6H,1-4H2. The van der Waals surface area contributed by atoms with E-state index in [1.165, 1.54) is 92.9 Å². The molecule has 0 radical (unpaired) electrons. The van der Waals surface area contributed by atoms with Gasteiger partial charge in [-0.1, -0.05) is 31.0 Å². The van der Waals surface area contributed by atoms with Crippen LogP contribution in [0.15, 0.2) is 140 Å². The number of nitrogens with two attached hydrogens (primary N) is 3. The summed E-state index contributed by atoms with van der Waals surface area (Å²) >= 11 is 10.4. The predicted octanol–water partition coefficient (Wildman–Crippen LogP) is 8.92. The van der Waals surface area contributed by atoms with Gasteiger partial charge in [-0.3, -0.25) is 44.4 Å². The van der Waals surface area contributed by atoms with Crippen LogP contribution in [0.4, 0.5) is 54.3 Å². The smallest absolute Gasteiger partial charge is 0.444 e. The van der Waals surface area contributed by atoms with Crippen molar-refractivity contribution in [2.45, 2.75) is 122 Å². The monoisotopic (exact) mass is 1680 g/mol. The maximum absolute atomic E-state index is 12.4. The van der Waals surface area contributed by atoms with Crippen molar-refractivity contribution in [2.75, 3.05) is 124 Å². The van der Waals surface area contributed by atoms with Crippen molar-refractivity contribution in [1.29, 1.82) is 5.26 Å². The Morgan fingerprint density at radius 3 is 1.26 bits per heavy atom. The molecule has 5 aromatic heterocycles. The van der Waals surface area contributed by atoms with Crippen LogP contribution in [-0.4, -0.2) is 248 Å². The number of rotatable bonds is 15. The number of halogens is 2. The number of carbonyl (C=O) groups excluding carboxylic acids is 6. The van der Waals surface area contributed by atoms with Crippen molar-refractivity contribution < 1.29 is 72.9 Å². The number of hydrogen-bond acceptors (Lipinski definition) is 30. The number of anilines is 4. The van der Waals surface area contributed by atoms with E-state index in [0.717, 1.165) is 107 Å². The quantitative estimate of drug-likeness (QED) is 0.0126. The molecule has 7 fully saturated rings. The van der Waals surface area contributed by atoms with Gasteiger partial charge in [0.1, 0.15) is 58.7 Å². The number of aromatic nitrogens is 5. The van der Waals surface area contributed by atoms with Crippen molar-refractivity contribution in [1.82, 2.24) is 44.9 Å². The molecule has 0 spiro atoms. The van der Waals surface area contributed by atoms with Gasteiger partial charge >= 0.3 is 17.7 Å². The number of nitrogens with one attached hydrogen (secondary N) is 1. The molecule has 11 heterocycles. The Morgan fingerprint density at radius 2 is 0.933 bits per heavy atom. The summed E-state index contributed by atoms with van der Waals surface area (Å²) in [4.78, 5) is 125. The number of amides is 4. The SMILES string of the molecule is CC(C)N1CCN(C(=O)OC2CCN(c3ccc(C(N)=O)nc3)C2)CC1.CC(C)N1CCNCC1.N#Cc1ccc(Cl)cn1.NC(=O)c1ccc(N2CCC(O)C2)cn1.NC(=O)c1ccc(N2CCC(OC(=O)Oc3ccc([N+](=O)[O-])cc3)C2)cn1.O=C(Cl)Oc1ccc([N+](=O)[O-])cc1.OC1CCCC1.[C-]#[N+]c1ccc(N2CCC(O)C2)cn1. The lowest BCUT2D eigenvalue weighted by Crippen LogP contribution is -2.51. The molecule has 39 heteroatoms. The summed E-state index contributed by atoms with van der Waals surface area (Å²) < 4.78 is 20.4. The molecule has 6 aliphatic heterocycles. The molecule has 119 heavy (non-hydrogen) atoms. The first-order valence-corrected chi connectivity index (χ1v) is 39.3. The Bertz CT molecular complexity index is 4460. The topological polar surface area (TPSA) is 492 Å². The fourth-order valence-electron chi connectivity index (χ4n) is 12.7. The number of pyridine rings is 5. The zero-order valence-corrected chi connectivity index (χ0v) is 68.0. The molecule has 1 saturated carbocycles. The molecule has 37 nitrogen and oxygen atoms in total. The van der Waals surface area contributed by atoms with E-state index in [-0.39, 0.29) is 76.6 Å². The molecule has 2 aromatic carbocycles. The number of ether oxygens (including phenoxy) is 4. The summed E-state index contributed by atoms with van der Waals surface area (Å²) in [6.07, 6.45) is 13.4. The summed E-state index contributed by atoms with van der Waals surface area (Å²) in [6.45, 7) is 29.1. The molecular weight excluding hydrogens is 1580 g/mol. The molecule has 636 valence electrons. The summed E-state index contributed by atoms with van der Waals surface area (Å²) in [7, 11) is 0. The minimum Gasteiger partial charge on any atom is -0.444 e. The molecule has 14 rings (SSSR count). The Labute approximate surface area is 698 Å². The van der Waals surface area contributed by atoms with Gasteiger partial charge in [0, 0.05) is 159 Å². The molecule has 10 N–H and O–H groups in total. The number of nitriles is 1. The van der Waals surface area contributed by atoms with Gasteiger partial charge in [0.15, 0.2) is 0 Å². The van der Waals surface area contributed by atoms with Crippen molar-refractivity contribution in [3.05, 3.63) is 200 Å². The highest BCUT2D eigenvalue weighted by Crippen LogP contribution is 2.28. The van der Waals surface area contributed by atoms with Crippen LogP contribution in [0.5, 0.6) is 11.5 Å². The van der Waals surface area contributed by atoms with Crippen molar-refractivity contribution in [2.24, 2.45) is 17.2 Å². The normalized spacial score (nSPS) is 18.0. The fourth-order valence-corrected chi connectivity index (χ4v) is 12.9. The van der Waals surface area contributed by atoms with Crippen molar-refractivity contribution in [3.63, 3.8) is 0 Å². The number of hydrogen-bond donors (Lipinski definition) is 7. The van der Waals surface area contributed by atoms with Gasteiger partial charge in [-0.2, -0.15) is 5.26 Å². The predicted molar refractivity (Wildman–Crippen MR) is 444 cm³/mol. The van der Waals surface area contributed by atoms with E-state index in [1.807, 2.05) is 28.0 Å². The number of aliphatic hydroxyl groups excluding tert-OH is 3. The van der Waals surface area contributed by atoms with Crippen LogP contribution < -0.4 is 51.6 Å². The minimum atomic E-state index is -0.978. The Hall–Kier alpha value is -12.1. The van der Waals surface area contributed by atoms with Crippen LogP contribution in [0.2, 0.25) is 5.02 Å². The van der Waals surface area contributed by atoms with Gasteiger partial charge < -0.3 is 86.1 Å². The average Bonchev–Trinajstić information content (AvgIpc) is 1.73. The second-order valence-corrected chi connectivity index (χ2v) is 29.1. The van der Waals surface area contributed by atoms with Gasteiger partial charge in [-0.05, 0) is 138 Å². The Kier molecular flexibility index (Phi) is 38.4. The molecule has 4 amide bonds. The van der Waals surface area contributed by atoms with Crippen molar-refractivity contribution in [3.8, 4) is 17.6 Å². The van der Waals surface area contributed by atoms with E-state index in [0.29, 0.717) is 74.8 Å². The molecule has 7 aromatic rings. The molecule has 4 unspecified atom stereocenters. The van der Waals surface area contributed by atoms with E-state index in [1.54, 1.807) is 66.0 Å². The van der Waals surface area contributed by atoms with Gasteiger partial charge in [-0.15, -0.1) is 4.98 Å². The fraction of sp³-hybridized carbons (Fsp3) is 0.438. The number of benzene rings is 2. The summed E-state index contributed by atoms with van der Waals surface area (Å²) in [5, 5.41) is 60.4. The number of nitrogens with zero attached hydrogens (tertiary/aromatic N) is 16. The van der Waals surface area contributed by atoms with E-state index in [9.17, 15) is 59.2 Å². The van der Waals surface area contributed by atoms with Crippen LogP contribution in [-0.2, 0) is 9.47 Å². The lowest BCUT2D eigenvalue weighted by molar-refractivity contribution is -0.385. The average molecular weight is 1680 g/mol. The third-order valence-corrected chi connectivity index (χ3v) is 19.6. The third kappa shape index (κ3) is 32.7. The lowest BCUT2D eigenvalue weighted by Gasteiger charge is -2.36. The van der Waals surface area contributed by atoms with Gasteiger partial charge in [0.2, 0.25) is 0 Å². The minimum absolute atomic E-state index is 0.0463.